The summed E-state index contributed by atoms with van der Waals surface area (Å²) in [6.07, 6.45) is 2.87. The van der Waals surface area contributed by atoms with Gasteiger partial charge in [0.05, 0.1) is 18.8 Å². The Morgan fingerprint density at radius 1 is 1.17 bits per heavy atom. The number of morpholine rings is 1. The lowest BCUT2D eigenvalue weighted by molar-refractivity contribution is -0.0502. The van der Waals surface area contributed by atoms with Crippen LogP contribution >= 0.6 is 24.0 Å². The van der Waals surface area contributed by atoms with Crippen molar-refractivity contribution in [2.24, 2.45) is 10.9 Å². The van der Waals surface area contributed by atoms with Crippen LogP contribution in [0.15, 0.2) is 35.3 Å². The maximum absolute atomic E-state index is 6.16. The number of rotatable bonds is 5. The molecule has 168 valence electrons. The number of piperidine rings is 1. The summed E-state index contributed by atoms with van der Waals surface area (Å²) in [6, 6.07) is 11.2. The highest BCUT2D eigenvalue weighted by Crippen LogP contribution is 2.25. The first-order valence-corrected chi connectivity index (χ1v) is 11.3. The SMILES string of the molecule is CCNC(=NCC1CCCN(C)C1)N1CC2OCCN(Cc3ccccc3)C2C1.I. The molecule has 7 heteroatoms. The summed E-state index contributed by atoms with van der Waals surface area (Å²) >= 11 is 0. The van der Waals surface area contributed by atoms with Crippen LogP contribution in [0.4, 0.5) is 0 Å². The van der Waals surface area contributed by atoms with Crippen LogP contribution in [0, 0.1) is 5.92 Å². The second-order valence-electron chi connectivity index (χ2n) is 8.80. The van der Waals surface area contributed by atoms with Crippen molar-refractivity contribution in [2.75, 3.05) is 59.5 Å². The molecule has 3 saturated heterocycles. The van der Waals surface area contributed by atoms with Gasteiger partial charge in [0, 0.05) is 45.8 Å². The molecule has 4 rings (SSSR count). The third kappa shape index (κ3) is 6.08. The molecular weight excluding hydrogens is 489 g/mol. The maximum Gasteiger partial charge on any atom is 0.194 e. The molecule has 0 aromatic heterocycles. The standard InChI is InChI=1S/C23H37N5O.HI/c1-3-24-23(25-14-20-10-7-11-26(2)15-20)28-17-21-22(18-28)29-13-12-27(21)16-19-8-5-4-6-9-19;/h4-6,8-9,20-22H,3,7,10-18H2,1-2H3,(H,24,25);1H. The zero-order valence-electron chi connectivity index (χ0n) is 18.5. The van der Waals surface area contributed by atoms with E-state index in [9.17, 15) is 0 Å². The Hall–Kier alpha value is -0.900. The average molecular weight is 527 g/mol. The number of nitrogens with zero attached hydrogens (tertiary/aromatic N) is 4. The topological polar surface area (TPSA) is 43.3 Å². The molecule has 3 aliphatic heterocycles. The second kappa shape index (κ2) is 11.6. The largest absolute Gasteiger partial charge is 0.373 e. The van der Waals surface area contributed by atoms with Gasteiger partial charge in [0.15, 0.2) is 5.96 Å². The van der Waals surface area contributed by atoms with Gasteiger partial charge in [-0.15, -0.1) is 24.0 Å². The molecule has 1 N–H and O–H groups in total. The molecule has 3 atom stereocenters. The second-order valence-corrected chi connectivity index (χ2v) is 8.80. The van der Waals surface area contributed by atoms with Crippen LogP contribution in [0.25, 0.3) is 0 Å². The Balaban J connectivity index is 0.00000256. The van der Waals surface area contributed by atoms with Crippen molar-refractivity contribution in [3.8, 4) is 0 Å². The van der Waals surface area contributed by atoms with Gasteiger partial charge in [-0.25, -0.2) is 0 Å². The number of fused-ring (bicyclic) bond motifs is 1. The van der Waals surface area contributed by atoms with Crippen molar-refractivity contribution in [3.05, 3.63) is 35.9 Å². The summed E-state index contributed by atoms with van der Waals surface area (Å²) in [4.78, 5) is 12.5. The fourth-order valence-corrected chi connectivity index (χ4v) is 5.01. The first-order chi connectivity index (χ1) is 14.2. The average Bonchev–Trinajstić information content (AvgIpc) is 3.17. The lowest BCUT2D eigenvalue weighted by Crippen LogP contribution is -2.50. The molecule has 6 nitrogen and oxygen atoms in total. The molecule has 3 heterocycles. The molecule has 30 heavy (non-hydrogen) atoms. The lowest BCUT2D eigenvalue weighted by atomic mass is 9.99. The quantitative estimate of drug-likeness (QED) is 0.362. The summed E-state index contributed by atoms with van der Waals surface area (Å²) < 4.78 is 6.16. The van der Waals surface area contributed by atoms with Gasteiger partial charge >= 0.3 is 0 Å². The molecule has 0 aliphatic carbocycles. The molecule has 3 unspecified atom stereocenters. The molecule has 0 amide bonds. The van der Waals surface area contributed by atoms with Gasteiger partial charge < -0.3 is 19.9 Å². The van der Waals surface area contributed by atoms with Crippen LogP contribution in [0.5, 0.6) is 0 Å². The predicted octanol–water partition coefficient (Wildman–Crippen LogP) is 2.50. The van der Waals surface area contributed by atoms with Gasteiger partial charge in [0.25, 0.3) is 0 Å². The number of guanidine groups is 1. The summed E-state index contributed by atoms with van der Waals surface area (Å²) in [7, 11) is 2.23. The van der Waals surface area contributed by atoms with E-state index in [0.717, 1.165) is 51.8 Å². The van der Waals surface area contributed by atoms with Crippen LogP contribution < -0.4 is 5.32 Å². The van der Waals surface area contributed by atoms with E-state index in [1.165, 1.54) is 31.5 Å². The lowest BCUT2D eigenvalue weighted by Gasteiger charge is -2.36. The highest BCUT2D eigenvalue weighted by atomic mass is 127. The number of hydrogen-bond acceptors (Lipinski definition) is 4. The van der Waals surface area contributed by atoms with E-state index in [2.05, 4.69) is 64.3 Å². The minimum Gasteiger partial charge on any atom is -0.373 e. The number of benzene rings is 1. The maximum atomic E-state index is 6.16. The Morgan fingerprint density at radius 3 is 2.77 bits per heavy atom. The van der Waals surface area contributed by atoms with Crippen LogP contribution in [0.3, 0.4) is 0 Å². The van der Waals surface area contributed by atoms with Crippen molar-refractivity contribution in [1.29, 1.82) is 0 Å². The number of halogens is 1. The van der Waals surface area contributed by atoms with Gasteiger partial charge in [-0.3, -0.25) is 9.89 Å². The third-order valence-corrected chi connectivity index (χ3v) is 6.50. The normalized spacial score (nSPS) is 28.1. The number of likely N-dealkylation sites (tertiary alicyclic amines) is 2. The van der Waals surface area contributed by atoms with Gasteiger partial charge in [0.2, 0.25) is 0 Å². The number of ether oxygens (including phenoxy) is 1. The molecule has 0 bridgehead atoms. The van der Waals surface area contributed by atoms with E-state index in [1.54, 1.807) is 0 Å². The molecule has 0 saturated carbocycles. The van der Waals surface area contributed by atoms with E-state index in [1.807, 2.05) is 0 Å². The molecule has 0 radical (unpaired) electrons. The van der Waals surface area contributed by atoms with Crippen molar-refractivity contribution in [2.45, 2.75) is 38.5 Å². The number of hydrogen-bond donors (Lipinski definition) is 1. The highest BCUT2D eigenvalue weighted by molar-refractivity contribution is 14.0. The fraction of sp³-hybridized carbons (Fsp3) is 0.696. The van der Waals surface area contributed by atoms with Crippen LogP contribution in [-0.4, -0.2) is 92.3 Å². The smallest absolute Gasteiger partial charge is 0.194 e. The summed E-state index contributed by atoms with van der Waals surface area (Å²) in [5.74, 6) is 1.75. The van der Waals surface area contributed by atoms with Gasteiger partial charge in [-0.2, -0.15) is 0 Å². The van der Waals surface area contributed by atoms with Crippen molar-refractivity contribution < 1.29 is 4.74 Å². The van der Waals surface area contributed by atoms with Crippen molar-refractivity contribution >= 4 is 29.9 Å². The number of aliphatic imine (C=N–C) groups is 1. The molecule has 3 aliphatic rings. The monoisotopic (exact) mass is 527 g/mol. The zero-order chi connectivity index (χ0) is 20.1. The Morgan fingerprint density at radius 2 is 2.00 bits per heavy atom. The Kier molecular flexibility index (Phi) is 9.22. The van der Waals surface area contributed by atoms with E-state index >= 15 is 0 Å². The van der Waals surface area contributed by atoms with E-state index in [4.69, 9.17) is 9.73 Å². The van der Waals surface area contributed by atoms with Crippen LogP contribution in [0.2, 0.25) is 0 Å². The summed E-state index contributed by atoms with van der Waals surface area (Å²) in [5.41, 5.74) is 1.38. The Labute approximate surface area is 199 Å². The first-order valence-electron chi connectivity index (χ1n) is 11.3. The van der Waals surface area contributed by atoms with E-state index in [0.29, 0.717) is 12.0 Å². The Bertz CT molecular complexity index is 673. The first kappa shape index (κ1) is 23.8. The summed E-state index contributed by atoms with van der Waals surface area (Å²) in [5, 5.41) is 3.54. The van der Waals surface area contributed by atoms with Crippen LogP contribution in [0.1, 0.15) is 25.3 Å². The molecule has 0 spiro atoms. The van der Waals surface area contributed by atoms with Gasteiger partial charge in [0.1, 0.15) is 0 Å². The minimum absolute atomic E-state index is 0. The molecule has 1 aromatic carbocycles. The molecule has 1 aromatic rings. The predicted molar refractivity (Wildman–Crippen MR) is 134 cm³/mol. The molecule has 3 fully saturated rings. The van der Waals surface area contributed by atoms with Crippen LogP contribution in [-0.2, 0) is 11.3 Å². The van der Waals surface area contributed by atoms with E-state index < -0.39 is 0 Å². The van der Waals surface area contributed by atoms with Crippen molar-refractivity contribution in [1.82, 2.24) is 20.0 Å². The summed E-state index contributed by atoms with van der Waals surface area (Å²) in [6.45, 7) is 11.1. The van der Waals surface area contributed by atoms with Gasteiger partial charge in [-0.1, -0.05) is 30.3 Å². The third-order valence-electron chi connectivity index (χ3n) is 6.50. The zero-order valence-corrected chi connectivity index (χ0v) is 20.8. The fourth-order valence-electron chi connectivity index (χ4n) is 5.01. The van der Waals surface area contributed by atoms with E-state index in [-0.39, 0.29) is 30.1 Å². The molecular formula is C23H38IN5O. The van der Waals surface area contributed by atoms with Gasteiger partial charge in [-0.05, 0) is 44.8 Å². The number of nitrogens with one attached hydrogen (secondary N) is 1. The highest BCUT2D eigenvalue weighted by Gasteiger charge is 2.41. The van der Waals surface area contributed by atoms with Crippen molar-refractivity contribution in [3.63, 3.8) is 0 Å². The minimum atomic E-state index is 0.